The molecule has 3 rings (SSSR count). The van der Waals surface area contributed by atoms with Crippen LogP contribution in [0.2, 0.25) is 0 Å². The molecule has 0 radical (unpaired) electrons. The van der Waals surface area contributed by atoms with Crippen molar-refractivity contribution in [3.63, 3.8) is 0 Å². The van der Waals surface area contributed by atoms with Gasteiger partial charge in [0.2, 0.25) is 0 Å². The van der Waals surface area contributed by atoms with Gasteiger partial charge in [-0.1, -0.05) is 12.1 Å². The second-order valence-electron chi connectivity index (χ2n) is 4.76. The van der Waals surface area contributed by atoms with Gasteiger partial charge in [0.05, 0.1) is 6.61 Å². The van der Waals surface area contributed by atoms with Crippen molar-refractivity contribution in [3.05, 3.63) is 60.4 Å². The standard InChI is InChI=1S/C17H16N2O2/c1-20-11-12-3-2-4-13(9-12)21-17-6-5-16(18)14-7-8-19-10-15(14)17/h2-10H,11,18H2,1H3. The maximum atomic E-state index is 5.98. The van der Waals surface area contributed by atoms with Gasteiger partial charge in [-0.05, 0) is 35.9 Å². The predicted molar refractivity (Wildman–Crippen MR) is 83.4 cm³/mol. The number of benzene rings is 2. The van der Waals surface area contributed by atoms with Crippen LogP contribution in [0.5, 0.6) is 11.5 Å². The van der Waals surface area contributed by atoms with Gasteiger partial charge in [0.15, 0.2) is 0 Å². The van der Waals surface area contributed by atoms with Crippen LogP contribution in [0.15, 0.2) is 54.9 Å². The quantitative estimate of drug-likeness (QED) is 0.739. The molecule has 0 fully saturated rings. The molecule has 0 amide bonds. The summed E-state index contributed by atoms with van der Waals surface area (Å²) in [4.78, 5) is 4.15. The molecule has 0 bridgehead atoms. The van der Waals surface area contributed by atoms with Crippen LogP contribution in [-0.2, 0) is 11.3 Å². The zero-order chi connectivity index (χ0) is 14.7. The van der Waals surface area contributed by atoms with E-state index >= 15 is 0 Å². The number of anilines is 1. The molecule has 1 heterocycles. The van der Waals surface area contributed by atoms with Gasteiger partial charge in [-0.25, -0.2) is 0 Å². The van der Waals surface area contributed by atoms with Crippen molar-refractivity contribution < 1.29 is 9.47 Å². The molecule has 0 atom stereocenters. The van der Waals surface area contributed by atoms with Gasteiger partial charge in [0.25, 0.3) is 0 Å². The fourth-order valence-corrected chi connectivity index (χ4v) is 2.27. The van der Waals surface area contributed by atoms with Crippen LogP contribution < -0.4 is 10.5 Å². The highest BCUT2D eigenvalue weighted by atomic mass is 16.5. The van der Waals surface area contributed by atoms with Gasteiger partial charge < -0.3 is 15.2 Å². The molecule has 4 heteroatoms. The predicted octanol–water partition coefficient (Wildman–Crippen LogP) is 3.76. The molecule has 0 aliphatic rings. The molecular formula is C17H16N2O2. The summed E-state index contributed by atoms with van der Waals surface area (Å²) in [6, 6.07) is 13.4. The highest BCUT2D eigenvalue weighted by Crippen LogP contribution is 2.32. The molecule has 0 aliphatic heterocycles. The van der Waals surface area contributed by atoms with Gasteiger partial charge >= 0.3 is 0 Å². The zero-order valence-corrected chi connectivity index (χ0v) is 11.7. The average Bonchev–Trinajstić information content (AvgIpc) is 2.51. The van der Waals surface area contributed by atoms with Gasteiger partial charge in [-0.3, -0.25) is 4.98 Å². The first-order valence-electron chi connectivity index (χ1n) is 6.66. The van der Waals surface area contributed by atoms with E-state index < -0.39 is 0 Å². The van der Waals surface area contributed by atoms with Crippen molar-refractivity contribution in [2.75, 3.05) is 12.8 Å². The van der Waals surface area contributed by atoms with E-state index in [2.05, 4.69) is 4.98 Å². The van der Waals surface area contributed by atoms with Crippen molar-refractivity contribution in [2.45, 2.75) is 6.61 Å². The number of ether oxygens (including phenoxy) is 2. The Morgan fingerprint density at radius 3 is 2.86 bits per heavy atom. The van der Waals surface area contributed by atoms with Crippen LogP contribution in [0.3, 0.4) is 0 Å². The lowest BCUT2D eigenvalue weighted by molar-refractivity contribution is 0.184. The van der Waals surface area contributed by atoms with Crippen LogP contribution >= 0.6 is 0 Å². The summed E-state index contributed by atoms with van der Waals surface area (Å²) in [6.45, 7) is 0.557. The number of rotatable bonds is 4. The van der Waals surface area contributed by atoms with Crippen LogP contribution in [0, 0.1) is 0 Å². The number of aromatic nitrogens is 1. The Bertz CT molecular complexity index is 772. The third-order valence-electron chi connectivity index (χ3n) is 3.25. The van der Waals surface area contributed by atoms with Crippen molar-refractivity contribution in [3.8, 4) is 11.5 Å². The van der Waals surface area contributed by atoms with Gasteiger partial charge in [-0.2, -0.15) is 0 Å². The lowest BCUT2D eigenvalue weighted by atomic mass is 10.1. The fraction of sp³-hybridized carbons (Fsp3) is 0.118. The number of pyridine rings is 1. The summed E-state index contributed by atoms with van der Waals surface area (Å²) in [5.74, 6) is 1.50. The molecule has 0 spiro atoms. The molecule has 106 valence electrons. The Balaban J connectivity index is 1.98. The van der Waals surface area contributed by atoms with E-state index in [1.807, 2.05) is 42.5 Å². The van der Waals surface area contributed by atoms with Crippen LogP contribution in [0.25, 0.3) is 10.8 Å². The summed E-state index contributed by atoms with van der Waals surface area (Å²) in [5.41, 5.74) is 7.76. The normalized spacial score (nSPS) is 10.7. The highest BCUT2D eigenvalue weighted by molar-refractivity contribution is 5.96. The number of fused-ring (bicyclic) bond motifs is 1. The third-order valence-corrected chi connectivity index (χ3v) is 3.25. The second-order valence-corrected chi connectivity index (χ2v) is 4.76. The van der Waals surface area contributed by atoms with E-state index in [1.165, 1.54) is 0 Å². The molecular weight excluding hydrogens is 264 g/mol. The Morgan fingerprint density at radius 1 is 1.10 bits per heavy atom. The van der Waals surface area contributed by atoms with E-state index in [1.54, 1.807) is 19.5 Å². The molecule has 2 aromatic carbocycles. The van der Waals surface area contributed by atoms with Crippen LogP contribution in [-0.4, -0.2) is 12.1 Å². The molecule has 2 N–H and O–H groups in total. The molecule has 21 heavy (non-hydrogen) atoms. The maximum Gasteiger partial charge on any atom is 0.136 e. The van der Waals surface area contributed by atoms with E-state index in [-0.39, 0.29) is 0 Å². The molecule has 0 aliphatic carbocycles. The number of hydrogen-bond acceptors (Lipinski definition) is 4. The van der Waals surface area contributed by atoms with Crippen molar-refractivity contribution >= 4 is 16.5 Å². The van der Waals surface area contributed by atoms with Gasteiger partial charge in [-0.15, -0.1) is 0 Å². The van der Waals surface area contributed by atoms with Gasteiger partial charge in [0.1, 0.15) is 11.5 Å². The zero-order valence-electron chi connectivity index (χ0n) is 11.7. The molecule has 0 saturated heterocycles. The molecule has 4 nitrogen and oxygen atoms in total. The van der Waals surface area contributed by atoms with Crippen LogP contribution in [0.4, 0.5) is 5.69 Å². The highest BCUT2D eigenvalue weighted by Gasteiger charge is 2.06. The number of nitrogen functional groups attached to an aromatic ring is 1. The minimum atomic E-state index is 0.557. The Kier molecular flexibility index (Phi) is 3.71. The minimum absolute atomic E-state index is 0.557. The van der Waals surface area contributed by atoms with Crippen molar-refractivity contribution in [2.24, 2.45) is 0 Å². The first-order valence-corrected chi connectivity index (χ1v) is 6.66. The largest absolute Gasteiger partial charge is 0.457 e. The van der Waals surface area contributed by atoms with Crippen LogP contribution in [0.1, 0.15) is 5.56 Å². The number of hydrogen-bond donors (Lipinski definition) is 1. The number of nitrogens with two attached hydrogens (primary N) is 1. The number of methoxy groups -OCH3 is 1. The topological polar surface area (TPSA) is 57.4 Å². The Morgan fingerprint density at radius 2 is 2.00 bits per heavy atom. The third kappa shape index (κ3) is 2.80. The summed E-state index contributed by atoms with van der Waals surface area (Å²) in [5, 5.41) is 1.84. The average molecular weight is 280 g/mol. The van der Waals surface area contributed by atoms with E-state index in [9.17, 15) is 0 Å². The SMILES string of the molecule is COCc1cccc(Oc2ccc(N)c3ccncc23)c1. The Labute approximate surface area is 123 Å². The molecule has 0 saturated carbocycles. The summed E-state index contributed by atoms with van der Waals surface area (Å²) in [7, 11) is 1.67. The van der Waals surface area contributed by atoms with E-state index in [0.29, 0.717) is 12.3 Å². The summed E-state index contributed by atoms with van der Waals surface area (Å²) in [6.07, 6.45) is 3.49. The maximum absolute atomic E-state index is 5.98. The van der Waals surface area contributed by atoms with E-state index in [4.69, 9.17) is 15.2 Å². The van der Waals surface area contributed by atoms with Crippen molar-refractivity contribution in [1.82, 2.24) is 4.98 Å². The Hall–Kier alpha value is -2.59. The summed E-state index contributed by atoms with van der Waals surface area (Å²) < 4.78 is 11.1. The monoisotopic (exact) mass is 280 g/mol. The first kappa shape index (κ1) is 13.4. The van der Waals surface area contributed by atoms with Crippen molar-refractivity contribution in [1.29, 1.82) is 0 Å². The number of nitrogens with zero attached hydrogens (tertiary/aromatic N) is 1. The first-order chi connectivity index (χ1) is 10.3. The lowest BCUT2D eigenvalue weighted by Gasteiger charge is -2.11. The fourth-order valence-electron chi connectivity index (χ4n) is 2.27. The lowest BCUT2D eigenvalue weighted by Crippen LogP contribution is -1.92. The minimum Gasteiger partial charge on any atom is -0.457 e. The molecule has 1 aromatic heterocycles. The van der Waals surface area contributed by atoms with Gasteiger partial charge in [0, 0.05) is 36.0 Å². The smallest absolute Gasteiger partial charge is 0.136 e. The molecule has 0 unspecified atom stereocenters. The summed E-state index contributed by atoms with van der Waals surface area (Å²) >= 11 is 0. The molecule has 3 aromatic rings. The second kappa shape index (κ2) is 5.81. The van der Waals surface area contributed by atoms with E-state index in [0.717, 1.165) is 27.8 Å².